The molecule has 0 unspecified atom stereocenters. The van der Waals surface area contributed by atoms with E-state index in [4.69, 9.17) is 4.74 Å². The Bertz CT molecular complexity index is 812. The first kappa shape index (κ1) is 18.1. The molecule has 5 rings (SSSR count). The van der Waals surface area contributed by atoms with E-state index in [1.807, 2.05) is 24.3 Å². The summed E-state index contributed by atoms with van der Waals surface area (Å²) in [5, 5.41) is 0. The molecule has 28 heavy (non-hydrogen) atoms. The fraction of sp³-hybridized carbons (Fsp3) is 0.600. The molecule has 1 aromatic rings. The van der Waals surface area contributed by atoms with Crippen LogP contribution < -0.4 is 4.74 Å². The summed E-state index contributed by atoms with van der Waals surface area (Å²) in [6.07, 6.45) is 11.1. The van der Waals surface area contributed by atoms with Crippen molar-refractivity contribution in [1.29, 1.82) is 0 Å². The summed E-state index contributed by atoms with van der Waals surface area (Å²) in [7, 11) is 0. The first-order valence-electron chi connectivity index (χ1n) is 11.0. The van der Waals surface area contributed by atoms with Crippen LogP contribution in [-0.2, 0) is 9.59 Å². The molecule has 3 saturated carbocycles. The molecule has 3 fully saturated rings. The van der Waals surface area contributed by atoms with Crippen molar-refractivity contribution in [3.63, 3.8) is 0 Å². The topological polar surface area (TPSA) is 43.4 Å². The molecule has 4 aliphatic rings. The van der Waals surface area contributed by atoms with Gasteiger partial charge in [0, 0.05) is 11.8 Å². The lowest BCUT2D eigenvalue weighted by Crippen LogP contribution is -2.53. The van der Waals surface area contributed by atoms with Gasteiger partial charge < -0.3 is 9.53 Å². The average molecular weight is 379 g/mol. The maximum atomic E-state index is 12.4. The number of allylic oxidation sites excluding steroid dienone is 1. The second-order valence-corrected chi connectivity index (χ2v) is 9.75. The van der Waals surface area contributed by atoms with E-state index in [9.17, 15) is 9.59 Å². The molecule has 0 bridgehead atoms. The van der Waals surface area contributed by atoms with E-state index in [1.54, 1.807) is 0 Å². The summed E-state index contributed by atoms with van der Waals surface area (Å²) in [5.41, 5.74) is 0.960. The molecule has 0 aliphatic heterocycles. The normalized spacial score (nSPS) is 42.0. The number of hydrogen-bond donors (Lipinski definition) is 0. The predicted octanol–water partition coefficient (Wildman–Crippen LogP) is 5.14. The van der Waals surface area contributed by atoms with Crippen LogP contribution in [0.3, 0.4) is 0 Å². The minimum Gasteiger partial charge on any atom is -0.490 e. The van der Waals surface area contributed by atoms with Gasteiger partial charge in [0.25, 0.3) is 0 Å². The lowest BCUT2D eigenvalue weighted by atomic mass is 9.47. The van der Waals surface area contributed by atoms with Gasteiger partial charge >= 0.3 is 0 Å². The summed E-state index contributed by atoms with van der Waals surface area (Å²) in [6, 6.07) is 10.2. The van der Waals surface area contributed by atoms with Crippen LogP contribution in [0.15, 0.2) is 42.0 Å². The van der Waals surface area contributed by atoms with E-state index < -0.39 is 0 Å². The summed E-state index contributed by atoms with van der Waals surface area (Å²) in [4.78, 5) is 24.4. The third-order valence-electron chi connectivity index (χ3n) is 8.71. The molecule has 0 N–H and O–H groups in total. The maximum absolute atomic E-state index is 12.4. The average Bonchev–Trinajstić information content (AvgIpc) is 3.05. The molecule has 4 aliphatic carbocycles. The van der Waals surface area contributed by atoms with Crippen LogP contribution in [0.5, 0.6) is 5.75 Å². The Labute approximate surface area is 167 Å². The molecular formula is C25H30O3. The number of fused-ring (bicyclic) bond motifs is 5. The molecule has 148 valence electrons. The molecule has 0 radical (unpaired) electrons. The number of ether oxygens (including phenoxy) is 1. The molecular weight excluding hydrogens is 348 g/mol. The number of aldehydes is 1. The van der Waals surface area contributed by atoms with Crippen LogP contribution in [0.1, 0.15) is 58.3 Å². The van der Waals surface area contributed by atoms with Crippen molar-refractivity contribution in [1.82, 2.24) is 0 Å². The lowest BCUT2D eigenvalue weighted by Gasteiger charge is -2.57. The van der Waals surface area contributed by atoms with Crippen molar-refractivity contribution in [2.24, 2.45) is 28.6 Å². The lowest BCUT2D eigenvalue weighted by molar-refractivity contribution is -0.129. The molecule has 0 heterocycles. The summed E-state index contributed by atoms with van der Waals surface area (Å²) in [5.74, 6) is 2.80. The quantitative estimate of drug-likeness (QED) is 0.684. The number of carbonyl (C=O) groups excluding carboxylic acids is 2. The standard InChI is InChI=1S/C25H30O3/c1-24-13-12-22-20(8-7-17-15-18(27)11-14-25(17,22)16-26)21(24)9-10-23(24)28-19-5-3-2-4-6-19/h2-6,15-16,20-23H,7-14H2,1H3/t20-,21-,22-,23-,24-,25+/m0/s1. The van der Waals surface area contributed by atoms with Gasteiger partial charge in [-0.2, -0.15) is 0 Å². The zero-order valence-electron chi connectivity index (χ0n) is 16.7. The summed E-state index contributed by atoms with van der Waals surface area (Å²) < 4.78 is 6.47. The van der Waals surface area contributed by atoms with Crippen molar-refractivity contribution in [2.45, 2.75) is 64.4 Å². The highest BCUT2D eigenvalue weighted by Gasteiger charge is 2.61. The van der Waals surface area contributed by atoms with E-state index in [2.05, 4.69) is 19.1 Å². The van der Waals surface area contributed by atoms with Gasteiger partial charge in [-0.05, 0) is 80.9 Å². The Hall–Kier alpha value is -1.90. The molecule has 3 heteroatoms. The monoisotopic (exact) mass is 378 g/mol. The van der Waals surface area contributed by atoms with Gasteiger partial charge in [0.2, 0.25) is 0 Å². The highest BCUT2D eigenvalue weighted by Crippen LogP contribution is 2.65. The van der Waals surface area contributed by atoms with Crippen LogP contribution in [0.4, 0.5) is 0 Å². The van der Waals surface area contributed by atoms with Crippen molar-refractivity contribution >= 4 is 12.1 Å². The van der Waals surface area contributed by atoms with Crippen LogP contribution >= 0.6 is 0 Å². The third kappa shape index (κ3) is 2.54. The zero-order chi connectivity index (χ0) is 19.4. The van der Waals surface area contributed by atoms with E-state index >= 15 is 0 Å². The van der Waals surface area contributed by atoms with E-state index in [-0.39, 0.29) is 22.7 Å². The van der Waals surface area contributed by atoms with Gasteiger partial charge in [-0.15, -0.1) is 0 Å². The molecule has 0 saturated heterocycles. The van der Waals surface area contributed by atoms with E-state index in [1.165, 1.54) is 12.7 Å². The minimum atomic E-state index is -0.365. The molecule has 3 nitrogen and oxygen atoms in total. The highest BCUT2D eigenvalue weighted by atomic mass is 16.5. The zero-order valence-corrected chi connectivity index (χ0v) is 16.7. The van der Waals surface area contributed by atoms with Crippen LogP contribution in [0.25, 0.3) is 0 Å². The molecule has 0 spiro atoms. The SMILES string of the molecule is C[C@]12CC[C@H]3[C@@H](CCC4=CC(=O)CC[C@@]43C=O)[C@@H]1CC[C@@H]2Oc1ccccc1. The second kappa shape index (κ2) is 6.57. The van der Waals surface area contributed by atoms with Gasteiger partial charge in [0.05, 0.1) is 5.41 Å². The smallest absolute Gasteiger partial charge is 0.155 e. The first-order valence-corrected chi connectivity index (χ1v) is 11.0. The number of hydrogen-bond acceptors (Lipinski definition) is 3. The van der Waals surface area contributed by atoms with E-state index in [0.717, 1.165) is 49.8 Å². The largest absolute Gasteiger partial charge is 0.490 e. The number of rotatable bonds is 3. The van der Waals surface area contributed by atoms with Gasteiger partial charge in [-0.3, -0.25) is 4.79 Å². The van der Waals surface area contributed by atoms with Crippen LogP contribution in [0.2, 0.25) is 0 Å². The van der Waals surface area contributed by atoms with Crippen molar-refractivity contribution in [3.05, 3.63) is 42.0 Å². The van der Waals surface area contributed by atoms with Crippen molar-refractivity contribution in [2.75, 3.05) is 0 Å². The van der Waals surface area contributed by atoms with E-state index in [0.29, 0.717) is 24.2 Å². The number of para-hydroxylation sites is 1. The third-order valence-corrected chi connectivity index (χ3v) is 8.71. The second-order valence-electron chi connectivity index (χ2n) is 9.75. The fourth-order valence-electron chi connectivity index (χ4n) is 7.30. The minimum absolute atomic E-state index is 0.187. The van der Waals surface area contributed by atoms with Gasteiger partial charge in [-0.1, -0.05) is 30.7 Å². The Morgan fingerprint density at radius 3 is 2.61 bits per heavy atom. The molecule has 0 aromatic heterocycles. The van der Waals surface area contributed by atoms with Gasteiger partial charge in [0.15, 0.2) is 5.78 Å². The maximum Gasteiger partial charge on any atom is 0.155 e. The summed E-state index contributed by atoms with van der Waals surface area (Å²) in [6.45, 7) is 2.43. The Kier molecular flexibility index (Phi) is 4.26. The van der Waals surface area contributed by atoms with Crippen LogP contribution in [-0.4, -0.2) is 18.2 Å². The molecule has 0 amide bonds. The van der Waals surface area contributed by atoms with Crippen LogP contribution in [0, 0.1) is 28.6 Å². The Morgan fingerprint density at radius 1 is 1.00 bits per heavy atom. The van der Waals surface area contributed by atoms with Gasteiger partial charge in [-0.25, -0.2) is 0 Å². The van der Waals surface area contributed by atoms with Crippen molar-refractivity contribution < 1.29 is 14.3 Å². The number of ketones is 1. The van der Waals surface area contributed by atoms with Crippen molar-refractivity contribution in [3.8, 4) is 5.75 Å². The molecule has 6 atom stereocenters. The molecule has 1 aromatic carbocycles. The van der Waals surface area contributed by atoms with Gasteiger partial charge in [0.1, 0.15) is 18.1 Å². The Morgan fingerprint density at radius 2 is 1.82 bits per heavy atom. The fourth-order valence-corrected chi connectivity index (χ4v) is 7.30. The first-order chi connectivity index (χ1) is 13.6. The highest BCUT2D eigenvalue weighted by molar-refractivity contribution is 5.93. The number of benzene rings is 1. The number of carbonyl (C=O) groups is 2. The predicted molar refractivity (Wildman–Crippen MR) is 108 cm³/mol. The summed E-state index contributed by atoms with van der Waals surface area (Å²) >= 11 is 0. The Balaban J connectivity index is 1.43.